The number of hydrogen-bond donors (Lipinski definition) is 2. The summed E-state index contributed by atoms with van der Waals surface area (Å²) >= 11 is 6.51. The summed E-state index contributed by atoms with van der Waals surface area (Å²) in [6.45, 7) is 6.90. The summed E-state index contributed by atoms with van der Waals surface area (Å²) in [7, 11) is 0. The monoisotopic (exact) mass is 323 g/mol. The molecule has 0 amide bonds. The van der Waals surface area contributed by atoms with Gasteiger partial charge in [-0.25, -0.2) is 0 Å². The third-order valence-corrected chi connectivity index (χ3v) is 5.43. The fraction of sp³-hybridized carbons (Fsp3) is 0.684. The van der Waals surface area contributed by atoms with Crippen LogP contribution in [0.15, 0.2) is 18.2 Å². The highest BCUT2D eigenvalue weighted by Gasteiger charge is 2.38. The Morgan fingerprint density at radius 1 is 1.32 bits per heavy atom. The van der Waals surface area contributed by atoms with Crippen molar-refractivity contribution in [3.05, 3.63) is 34.3 Å². The topological polar surface area (TPSA) is 46.2 Å². The average Bonchev–Trinajstić information content (AvgIpc) is 2.45. The first kappa shape index (κ1) is 17.8. The second-order valence-corrected chi connectivity index (χ2v) is 8.44. The number of aryl methyl sites for hydroxylation is 1. The van der Waals surface area contributed by atoms with Gasteiger partial charge in [-0.3, -0.25) is 0 Å². The normalized spacial score (nSPS) is 26.2. The van der Waals surface area contributed by atoms with Crippen LogP contribution in [0.4, 0.5) is 0 Å². The molecule has 0 saturated heterocycles. The Balaban J connectivity index is 2.21. The van der Waals surface area contributed by atoms with Crippen molar-refractivity contribution in [3.63, 3.8) is 0 Å². The standard InChI is InChI=1S/C19H30ClNO/c1-18(2,3)11-9-14-7-8-15(12-17(14)20)19(21)10-5-4-6-16(19)13-22/h7-8,12,16,22H,4-6,9-11,13,21H2,1-3H3. The lowest BCUT2D eigenvalue weighted by molar-refractivity contribution is 0.108. The third kappa shape index (κ3) is 4.04. The van der Waals surface area contributed by atoms with Crippen LogP contribution in [-0.2, 0) is 12.0 Å². The second-order valence-electron chi connectivity index (χ2n) is 8.03. The molecule has 22 heavy (non-hydrogen) atoms. The molecule has 1 aromatic carbocycles. The fourth-order valence-corrected chi connectivity index (χ4v) is 3.73. The van der Waals surface area contributed by atoms with Gasteiger partial charge in [0.1, 0.15) is 0 Å². The summed E-state index contributed by atoms with van der Waals surface area (Å²) in [6.07, 6.45) is 6.30. The SMILES string of the molecule is CC(C)(C)CCc1ccc(C2(N)CCCCC2CO)cc1Cl. The van der Waals surface area contributed by atoms with Gasteiger partial charge in [-0.2, -0.15) is 0 Å². The number of nitrogens with two attached hydrogens (primary N) is 1. The third-order valence-electron chi connectivity index (χ3n) is 5.08. The van der Waals surface area contributed by atoms with Crippen LogP contribution in [-0.4, -0.2) is 11.7 Å². The summed E-state index contributed by atoms with van der Waals surface area (Å²) < 4.78 is 0. The molecule has 1 saturated carbocycles. The molecule has 1 aliphatic carbocycles. The highest BCUT2D eigenvalue weighted by atomic mass is 35.5. The van der Waals surface area contributed by atoms with Gasteiger partial charge in [-0.1, -0.05) is 57.3 Å². The molecule has 0 bridgehead atoms. The lowest BCUT2D eigenvalue weighted by Crippen LogP contribution is -2.47. The summed E-state index contributed by atoms with van der Waals surface area (Å²) in [5, 5.41) is 10.5. The van der Waals surface area contributed by atoms with Gasteiger partial charge < -0.3 is 10.8 Å². The van der Waals surface area contributed by atoms with E-state index in [-0.39, 0.29) is 12.5 Å². The molecule has 3 N–H and O–H groups in total. The van der Waals surface area contributed by atoms with Gasteiger partial charge in [-0.05, 0) is 48.3 Å². The summed E-state index contributed by atoms with van der Waals surface area (Å²) in [5.41, 5.74) is 8.83. The average molecular weight is 324 g/mol. The first-order chi connectivity index (χ1) is 10.3. The Morgan fingerprint density at radius 3 is 2.64 bits per heavy atom. The van der Waals surface area contributed by atoms with Crippen LogP contribution in [0.3, 0.4) is 0 Å². The smallest absolute Gasteiger partial charge is 0.0480 e. The van der Waals surface area contributed by atoms with Crippen LogP contribution in [0, 0.1) is 11.3 Å². The zero-order valence-corrected chi connectivity index (χ0v) is 14.9. The number of aliphatic hydroxyl groups excluding tert-OH is 1. The van der Waals surface area contributed by atoms with Crippen molar-refractivity contribution in [2.24, 2.45) is 17.1 Å². The zero-order valence-electron chi connectivity index (χ0n) is 14.2. The van der Waals surface area contributed by atoms with Gasteiger partial charge in [-0.15, -0.1) is 0 Å². The van der Waals surface area contributed by atoms with Crippen LogP contribution < -0.4 is 5.73 Å². The molecular formula is C19H30ClNO. The molecule has 124 valence electrons. The molecule has 3 heteroatoms. The predicted molar refractivity (Wildman–Crippen MR) is 94.1 cm³/mol. The van der Waals surface area contributed by atoms with E-state index in [0.717, 1.165) is 49.1 Å². The summed E-state index contributed by atoms with van der Waals surface area (Å²) in [6, 6.07) is 6.28. The zero-order chi connectivity index (χ0) is 16.4. The van der Waals surface area contributed by atoms with Crippen molar-refractivity contribution < 1.29 is 5.11 Å². The molecule has 2 rings (SSSR count). The van der Waals surface area contributed by atoms with E-state index in [0.29, 0.717) is 5.41 Å². The van der Waals surface area contributed by atoms with Crippen molar-refractivity contribution >= 4 is 11.6 Å². The minimum atomic E-state index is -0.431. The molecule has 1 fully saturated rings. The van der Waals surface area contributed by atoms with Crippen LogP contribution in [0.5, 0.6) is 0 Å². The number of aliphatic hydroxyl groups is 1. The largest absolute Gasteiger partial charge is 0.396 e. The highest BCUT2D eigenvalue weighted by Crippen LogP contribution is 2.40. The molecule has 1 aromatic rings. The minimum absolute atomic E-state index is 0.137. The van der Waals surface area contributed by atoms with Crippen LogP contribution >= 0.6 is 11.6 Å². The molecule has 0 heterocycles. The van der Waals surface area contributed by atoms with E-state index < -0.39 is 5.54 Å². The Bertz CT molecular complexity index is 509. The molecule has 2 atom stereocenters. The van der Waals surface area contributed by atoms with E-state index in [1.807, 2.05) is 6.07 Å². The van der Waals surface area contributed by atoms with Gasteiger partial charge in [0.15, 0.2) is 0 Å². The molecule has 0 spiro atoms. The number of benzene rings is 1. The summed E-state index contributed by atoms with van der Waals surface area (Å²) in [4.78, 5) is 0. The van der Waals surface area contributed by atoms with E-state index in [1.54, 1.807) is 0 Å². The van der Waals surface area contributed by atoms with E-state index >= 15 is 0 Å². The first-order valence-electron chi connectivity index (χ1n) is 8.45. The van der Waals surface area contributed by atoms with Crippen molar-refractivity contribution in [1.82, 2.24) is 0 Å². The Morgan fingerprint density at radius 2 is 2.05 bits per heavy atom. The van der Waals surface area contributed by atoms with Crippen molar-refractivity contribution in [2.45, 2.75) is 64.8 Å². The second kappa shape index (κ2) is 6.90. The molecular weight excluding hydrogens is 294 g/mol. The number of rotatable bonds is 4. The Labute approximate surface area is 140 Å². The van der Waals surface area contributed by atoms with Crippen LogP contribution in [0.2, 0.25) is 5.02 Å². The fourth-order valence-electron chi connectivity index (χ4n) is 3.45. The van der Waals surface area contributed by atoms with Crippen molar-refractivity contribution in [1.29, 1.82) is 0 Å². The maximum absolute atomic E-state index is 9.67. The van der Waals surface area contributed by atoms with Crippen molar-refractivity contribution in [3.8, 4) is 0 Å². The molecule has 2 unspecified atom stereocenters. The van der Waals surface area contributed by atoms with Crippen LogP contribution in [0.25, 0.3) is 0 Å². The number of halogens is 1. The maximum atomic E-state index is 9.67. The van der Waals surface area contributed by atoms with Gasteiger partial charge in [0.05, 0.1) is 0 Å². The molecule has 0 aromatic heterocycles. The lowest BCUT2D eigenvalue weighted by atomic mass is 9.69. The number of hydrogen-bond acceptors (Lipinski definition) is 2. The quantitative estimate of drug-likeness (QED) is 0.846. The molecule has 2 nitrogen and oxygen atoms in total. The molecule has 0 radical (unpaired) electrons. The van der Waals surface area contributed by atoms with E-state index in [2.05, 4.69) is 32.9 Å². The summed E-state index contributed by atoms with van der Waals surface area (Å²) in [5.74, 6) is 0.137. The Hall–Kier alpha value is -0.570. The van der Waals surface area contributed by atoms with E-state index in [1.165, 1.54) is 5.56 Å². The minimum Gasteiger partial charge on any atom is -0.396 e. The maximum Gasteiger partial charge on any atom is 0.0480 e. The predicted octanol–water partition coefficient (Wildman–Crippen LogP) is 4.66. The van der Waals surface area contributed by atoms with E-state index in [9.17, 15) is 5.11 Å². The molecule has 0 aliphatic heterocycles. The van der Waals surface area contributed by atoms with Crippen molar-refractivity contribution in [2.75, 3.05) is 6.61 Å². The van der Waals surface area contributed by atoms with Gasteiger partial charge in [0.25, 0.3) is 0 Å². The van der Waals surface area contributed by atoms with Gasteiger partial charge >= 0.3 is 0 Å². The van der Waals surface area contributed by atoms with Gasteiger partial charge in [0, 0.05) is 23.1 Å². The highest BCUT2D eigenvalue weighted by molar-refractivity contribution is 6.31. The molecule has 1 aliphatic rings. The lowest BCUT2D eigenvalue weighted by Gasteiger charge is -2.41. The Kier molecular flexibility index (Phi) is 5.58. The van der Waals surface area contributed by atoms with Crippen LogP contribution in [0.1, 0.15) is 64.0 Å². The first-order valence-corrected chi connectivity index (χ1v) is 8.83. The van der Waals surface area contributed by atoms with E-state index in [4.69, 9.17) is 17.3 Å². The van der Waals surface area contributed by atoms with Gasteiger partial charge in [0.2, 0.25) is 0 Å².